The van der Waals surface area contributed by atoms with Crippen molar-refractivity contribution in [2.45, 2.75) is 44.6 Å². The van der Waals surface area contributed by atoms with E-state index < -0.39 is 9.84 Å². The average molecular weight is 446 g/mol. The monoisotopic (exact) mass is 445 g/mol. The van der Waals surface area contributed by atoms with Crippen LogP contribution >= 0.6 is 0 Å². The fourth-order valence-electron chi connectivity index (χ4n) is 3.15. The first-order valence-corrected chi connectivity index (χ1v) is 11.8. The van der Waals surface area contributed by atoms with Crippen LogP contribution in [0.3, 0.4) is 0 Å². The van der Waals surface area contributed by atoms with Gasteiger partial charge in [-0.15, -0.1) is 0 Å². The molecule has 0 heterocycles. The molecule has 3 aromatic carbocycles. The van der Waals surface area contributed by atoms with E-state index in [9.17, 15) is 13.7 Å². The summed E-state index contributed by atoms with van der Waals surface area (Å²) in [6.07, 6.45) is 1.37. The molecule has 5 heteroatoms. The molecule has 0 saturated heterocycles. The Morgan fingerprint density at radius 2 is 1.59 bits per heavy atom. The number of allylic oxidation sites excluding steroid dienone is 1. The van der Waals surface area contributed by atoms with Gasteiger partial charge >= 0.3 is 0 Å². The standard InChI is InChI=1S/C27H27NO3S/c1-20-9-15-24(16-10-20)32(29,30)25(18-28)17-22-7-5-6-8-26(22)31-19-21-11-13-23(14-12-21)27(2,3)4/h5-17H,19H2,1-4H3. The van der Waals surface area contributed by atoms with Crippen LogP contribution in [0.25, 0.3) is 6.08 Å². The number of sulfone groups is 1. The lowest BCUT2D eigenvalue weighted by Gasteiger charge is -2.19. The largest absolute Gasteiger partial charge is 0.488 e. The highest BCUT2D eigenvalue weighted by Crippen LogP contribution is 2.27. The first-order valence-electron chi connectivity index (χ1n) is 10.4. The van der Waals surface area contributed by atoms with E-state index in [1.165, 1.54) is 23.8 Å². The zero-order valence-corrected chi connectivity index (χ0v) is 19.6. The number of para-hydroxylation sites is 1. The Labute approximate surface area is 190 Å². The van der Waals surface area contributed by atoms with Crippen molar-refractivity contribution < 1.29 is 13.2 Å². The zero-order valence-electron chi connectivity index (χ0n) is 18.8. The van der Waals surface area contributed by atoms with Crippen molar-refractivity contribution in [3.63, 3.8) is 0 Å². The molecule has 0 unspecified atom stereocenters. The molecule has 4 nitrogen and oxygen atoms in total. The van der Waals surface area contributed by atoms with Gasteiger partial charge in [0.05, 0.1) is 4.90 Å². The number of benzene rings is 3. The summed E-state index contributed by atoms with van der Waals surface area (Å²) in [5.74, 6) is 0.513. The van der Waals surface area contributed by atoms with Crippen LogP contribution in [-0.2, 0) is 21.9 Å². The first kappa shape index (κ1) is 23.3. The maximum Gasteiger partial charge on any atom is 0.216 e. The first-order chi connectivity index (χ1) is 15.1. The Balaban J connectivity index is 1.86. The van der Waals surface area contributed by atoms with Gasteiger partial charge in [-0.05, 0) is 47.7 Å². The van der Waals surface area contributed by atoms with Gasteiger partial charge in [-0.25, -0.2) is 8.42 Å². The highest BCUT2D eigenvalue weighted by atomic mass is 32.2. The molecule has 3 rings (SSSR count). The summed E-state index contributed by atoms with van der Waals surface area (Å²) in [6, 6.07) is 23.6. The highest BCUT2D eigenvalue weighted by Gasteiger charge is 2.21. The molecule has 32 heavy (non-hydrogen) atoms. The van der Waals surface area contributed by atoms with E-state index in [2.05, 4.69) is 32.9 Å². The van der Waals surface area contributed by atoms with Crippen LogP contribution in [0.15, 0.2) is 82.6 Å². The molecule has 0 aliphatic rings. The number of rotatable bonds is 6. The molecule has 0 bridgehead atoms. The van der Waals surface area contributed by atoms with Crippen molar-refractivity contribution in [1.82, 2.24) is 0 Å². The Morgan fingerprint density at radius 1 is 0.969 bits per heavy atom. The normalized spacial score (nSPS) is 12.3. The molecule has 3 aromatic rings. The van der Waals surface area contributed by atoms with Gasteiger partial charge in [-0.2, -0.15) is 5.26 Å². The van der Waals surface area contributed by atoms with E-state index in [0.717, 1.165) is 11.1 Å². The molecule has 0 spiro atoms. The predicted octanol–water partition coefficient (Wildman–Crippen LogP) is 6.21. The van der Waals surface area contributed by atoms with E-state index in [0.29, 0.717) is 17.9 Å². The van der Waals surface area contributed by atoms with E-state index >= 15 is 0 Å². The number of nitrogens with zero attached hydrogens (tertiary/aromatic N) is 1. The van der Waals surface area contributed by atoms with Gasteiger partial charge in [-0.3, -0.25) is 0 Å². The third kappa shape index (κ3) is 5.46. The second kappa shape index (κ2) is 9.42. The van der Waals surface area contributed by atoms with Crippen LogP contribution in [0.4, 0.5) is 0 Å². The Hall–Kier alpha value is -3.36. The maximum absolute atomic E-state index is 13.0. The van der Waals surface area contributed by atoms with Crippen molar-refractivity contribution in [3.8, 4) is 11.8 Å². The third-order valence-corrected chi connectivity index (χ3v) is 6.83. The molecular weight excluding hydrogens is 418 g/mol. The summed E-state index contributed by atoms with van der Waals surface area (Å²) < 4.78 is 31.9. The molecule has 0 saturated carbocycles. The van der Waals surface area contributed by atoms with Crippen LogP contribution in [0.2, 0.25) is 0 Å². The molecule has 0 aliphatic heterocycles. The minimum Gasteiger partial charge on any atom is -0.488 e. The number of nitriles is 1. The summed E-state index contributed by atoms with van der Waals surface area (Å²) in [7, 11) is -3.92. The van der Waals surface area contributed by atoms with Crippen molar-refractivity contribution in [2.24, 2.45) is 0 Å². The molecule has 0 aliphatic carbocycles. The quantitative estimate of drug-likeness (QED) is 0.423. The Morgan fingerprint density at radius 3 is 2.19 bits per heavy atom. The minimum absolute atomic E-state index is 0.0768. The lowest BCUT2D eigenvalue weighted by atomic mass is 9.87. The summed E-state index contributed by atoms with van der Waals surface area (Å²) in [4.78, 5) is -0.236. The molecule has 0 atom stereocenters. The van der Waals surface area contributed by atoms with Crippen molar-refractivity contribution in [3.05, 3.63) is 100.0 Å². The van der Waals surface area contributed by atoms with Gasteiger partial charge in [0.25, 0.3) is 0 Å². The van der Waals surface area contributed by atoms with Gasteiger partial charge in [0.15, 0.2) is 0 Å². The molecule has 0 N–H and O–H groups in total. The summed E-state index contributed by atoms with van der Waals surface area (Å²) in [5.41, 5.74) is 3.80. The van der Waals surface area contributed by atoms with Crippen LogP contribution < -0.4 is 4.74 Å². The van der Waals surface area contributed by atoms with Crippen LogP contribution in [0.1, 0.15) is 43.0 Å². The summed E-state index contributed by atoms with van der Waals surface area (Å²) >= 11 is 0. The van der Waals surface area contributed by atoms with E-state index in [1.807, 2.05) is 31.2 Å². The molecule has 164 valence electrons. The van der Waals surface area contributed by atoms with Gasteiger partial charge in [0.2, 0.25) is 9.84 Å². The van der Waals surface area contributed by atoms with Gasteiger partial charge < -0.3 is 4.74 Å². The van der Waals surface area contributed by atoms with E-state index in [4.69, 9.17) is 4.74 Å². The highest BCUT2D eigenvalue weighted by molar-refractivity contribution is 7.95. The van der Waals surface area contributed by atoms with Crippen molar-refractivity contribution in [2.75, 3.05) is 0 Å². The molecular formula is C27H27NO3S. The van der Waals surface area contributed by atoms with E-state index in [1.54, 1.807) is 30.3 Å². The molecule has 0 fully saturated rings. The number of aryl methyl sites for hydroxylation is 1. The van der Waals surface area contributed by atoms with Gasteiger partial charge in [-0.1, -0.05) is 80.9 Å². The molecule has 0 aromatic heterocycles. The second-order valence-electron chi connectivity index (χ2n) is 8.71. The Bertz CT molecular complexity index is 1260. The fourth-order valence-corrected chi connectivity index (χ4v) is 4.30. The van der Waals surface area contributed by atoms with Crippen LogP contribution in [-0.4, -0.2) is 8.42 Å². The fraction of sp³-hybridized carbons (Fsp3) is 0.222. The predicted molar refractivity (Wildman–Crippen MR) is 128 cm³/mol. The smallest absolute Gasteiger partial charge is 0.216 e. The number of hydrogen-bond acceptors (Lipinski definition) is 4. The Kier molecular flexibility index (Phi) is 6.86. The van der Waals surface area contributed by atoms with Crippen LogP contribution in [0.5, 0.6) is 5.75 Å². The molecule has 0 radical (unpaired) electrons. The summed E-state index contributed by atoms with van der Waals surface area (Å²) in [6.45, 7) is 8.71. The third-order valence-electron chi connectivity index (χ3n) is 5.15. The lowest BCUT2D eigenvalue weighted by Crippen LogP contribution is -2.10. The number of hydrogen-bond donors (Lipinski definition) is 0. The lowest BCUT2D eigenvalue weighted by molar-refractivity contribution is 0.305. The van der Waals surface area contributed by atoms with Gasteiger partial charge in [0.1, 0.15) is 23.3 Å². The van der Waals surface area contributed by atoms with Crippen LogP contribution in [0, 0.1) is 18.3 Å². The number of ether oxygens (including phenoxy) is 1. The maximum atomic E-state index is 13.0. The molecule has 0 amide bonds. The second-order valence-corrected chi connectivity index (χ2v) is 10.6. The van der Waals surface area contributed by atoms with Gasteiger partial charge in [0, 0.05) is 5.56 Å². The van der Waals surface area contributed by atoms with Crippen molar-refractivity contribution >= 4 is 15.9 Å². The zero-order chi connectivity index (χ0) is 23.4. The van der Waals surface area contributed by atoms with E-state index in [-0.39, 0.29) is 15.2 Å². The topological polar surface area (TPSA) is 67.2 Å². The van der Waals surface area contributed by atoms with Crippen molar-refractivity contribution in [1.29, 1.82) is 5.26 Å². The SMILES string of the molecule is Cc1ccc(S(=O)(=O)C(C#N)=Cc2ccccc2OCc2ccc(C(C)(C)C)cc2)cc1. The summed E-state index contributed by atoms with van der Waals surface area (Å²) in [5, 5.41) is 9.59. The average Bonchev–Trinajstić information content (AvgIpc) is 2.76. The minimum atomic E-state index is -3.92.